The van der Waals surface area contributed by atoms with Gasteiger partial charge in [0.15, 0.2) is 0 Å². The Morgan fingerprint density at radius 2 is 1.97 bits per heavy atom. The highest BCUT2D eigenvalue weighted by Crippen LogP contribution is 2.27. The van der Waals surface area contributed by atoms with Gasteiger partial charge >= 0.3 is 0 Å². The lowest BCUT2D eigenvalue weighted by atomic mass is 9.86. The Morgan fingerprint density at radius 1 is 1.32 bits per heavy atom. The van der Waals surface area contributed by atoms with Crippen LogP contribution in [0.1, 0.15) is 38.4 Å². The van der Waals surface area contributed by atoms with Gasteiger partial charge in [-0.1, -0.05) is 45.0 Å². The second-order valence-electron chi connectivity index (χ2n) is 8.92. The first-order valence-corrected chi connectivity index (χ1v) is 11.0. The summed E-state index contributed by atoms with van der Waals surface area (Å²) >= 11 is 1.60. The summed E-state index contributed by atoms with van der Waals surface area (Å²) in [5.74, 6) is -0.577. The summed E-state index contributed by atoms with van der Waals surface area (Å²) in [5.41, 5.74) is 10.6. The number of β-amino-alcohol motifs (C(OH)–C–C–N with tert-alkyl or cyclic N) is 1. The normalized spacial score (nSPS) is 19.6. The average Bonchev–Trinajstić information content (AvgIpc) is 3.30. The number of carbonyl (C=O) groups is 2. The van der Waals surface area contributed by atoms with Crippen molar-refractivity contribution >= 4 is 35.6 Å². The number of amides is 2. The number of rotatable bonds is 5. The van der Waals surface area contributed by atoms with Crippen LogP contribution < -0.4 is 11.1 Å². The van der Waals surface area contributed by atoms with Crippen LogP contribution in [0, 0.1) is 12.3 Å². The van der Waals surface area contributed by atoms with Crippen LogP contribution in [0.2, 0.25) is 0 Å². The molecule has 9 heteroatoms. The molecule has 0 saturated carbocycles. The molecule has 1 saturated heterocycles. The van der Waals surface area contributed by atoms with E-state index in [1.165, 1.54) is 4.90 Å². The number of aliphatic hydroxyl groups excluding tert-OH is 1. The second-order valence-corrected chi connectivity index (χ2v) is 9.78. The third-order valence-electron chi connectivity index (χ3n) is 5.49. The van der Waals surface area contributed by atoms with E-state index in [1.54, 1.807) is 11.3 Å². The van der Waals surface area contributed by atoms with Crippen molar-refractivity contribution in [3.63, 3.8) is 0 Å². The van der Waals surface area contributed by atoms with Gasteiger partial charge in [-0.2, -0.15) is 0 Å². The van der Waals surface area contributed by atoms with Crippen molar-refractivity contribution in [1.29, 1.82) is 0 Å². The van der Waals surface area contributed by atoms with Crippen LogP contribution in [0.15, 0.2) is 29.8 Å². The van der Waals surface area contributed by atoms with Crippen LogP contribution >= 0.6 is 23.7 Å². The number of hydrogen-bond donors (Lipinski definition) is 3. The first-order chi connectivity index (χ1) is 14.1. The quantitative estimate of drug-likeness (QED) is 0.627. The van der Waals surface area contributed by atoms with Gasteiger partial charge < -0.3 is 21.1 Å². The molecule has 0 radical (unpaired) electrons. The van der Waals surface area contributed by atoms with E-state index in [2.05, 4.69) is 10.3 Å². The minimum atomic E-state index is -0.735. The maximum atomic E-state index is 12.8. The van der Waals surface area contributed by atoms with Gasteiger partial charge in [0.05, 0.1) is 28.2 Å². The van der Waals surface area contributed by atoms with Crippen molar-refractivity contribution in [2.24, 2.45) is 11.1 Å². The summed E-state index contributed by atoms with van der Waals surface area (Å²) in [6, 6.07) is 6.52. The lowest BCUT2D eigenvalue weighted by molar-refractivity contribution is -0.141. The van der Waals surface area contributed by atoms with Gasteiger partial charge in [0.2, 0.25) is 11.8 Å². The molecular weight excluding hydrogens is 436 g/mol. The first kappa shape index (κ1) is 25.3. The van der Waals surface area contributed by atoms with E-state index in [-0.39, 0.29) is 37.2 Å². The van der Waals surface area contributed by atoms with Crippen LogP contribution in [0.3, 0.4) is 0 Å². The van der Waals surface area contributed by atoms with Crippen LogP contribution in [0.5, 0.6) is 0 Å². The van der Waals surface area contributed by atoms with Crippen LogP contribution in [-0.4, -0.2) is 51.5 Å². The summed E-state index contributed by atoms with van der Waals surface area (Å²) in [6.45, 7) is 8.11. The Bertz CT molecular complexity index is 910. The van der Waals surface area contributed by atoms with E-state index >= 15 is 0 Å². The van der Waals surface area contributed by atoms with Crippen molar-refractivity contribution in [3.05, 3.63) is 41.0 Å². The molecule has 1 aromatic carbocycles. The van der Waals surface area contributed by atoms with E-state index in [0.29, 0.717) is 6.54 Å². The number of hydrogen-bond acceptors (Lipinski definition) is 6. The zero-order valence-electron chi connectivity index (χ0n) is 18.3. The fourth-order valence-corrected chi connectivity index (χ4v) is 4.33. The Kier molecular flexibility index (Phi) is 8.21. The number of aromatic nitrogens is 1. The standard InChI is InChI=1S/C22H30N4O3S.ClH/c1-13-18(30-12-25-13)15-7-5-14(6-8-15)10-24-20(28)17-9-16(27)11-26(17)21(29)19(23)22(2,3)4;/h5-8,12,16-17,19,27H,9-11,23H2,1-4H3,(H,24,28);1H/t16-,17+,19+;/m1./s1. The number of nitrogens with two attached hydrogens (primary N) is 1. The molecule has 3 atom stereocenters. The van der Waals surface area contributed by atoms with Gasteiger partial charge in [-0.15, -0.1) is 23.7 Å². The predicted octanol–water partition coefficient (Wildman–Crippen LogP) is 2.49. The first-order valence-electron chi connectivity index (χ1n) is 10.1. The number of aryl methyl sites for hydroxylation is 1. The number of benzene rings is 1. The van der Waals surface area contributed by atoms with Gasteiger partial charge in [0.1, 0.15) is 6.04 Å². The lowest BCUT2D eigenvalue weighted by Gasteiger charge is -2.32. The highest BCUT2D eigenvalue weighted by Gasteiger charge is 2.42. The summed E-state index contributed by atoms with van der Waals surface area (Å²) < 4.78 is 0. The Balaban J connectivity index is 0.00000341. The van der Waals surface area contributed by atoms with Gasteiger partial charge in [-0.3, -0.25) is 9.59 Å². The third kappa shape index (κ3) is 5.83. The van der Waals surface area contributed by atoms with Crippen LogP contribution in [0.25, 0.3) is 10.4 Å². The Morgan fingerprint density at radius 3 is 2.52 bits per heavy atom. The second kappa shape index (κ2) is 10.1. The fraction of sp³-hybridized carbons (Fsp3) is 0.500. The van der Waals surface area contributed by atoms with E-state index in [9.17, 15) is 14.7 Å². The lowest BCUT2D eigenvalue weighted by Crippen LogP contribution is -2.54. The topological polar surface area (TPSA) is 109 Å². The molecule has 2 amide bonds. The van der Waals surface area contributed by atoms with Crippen molar-refractivity contribution in [1.82, 2.24) is 15.2 Å². The Hall–Kier alpha value is -2.00. The van der Waals surface area contributed by atoms with Gasteiger partial charge in [-0.05, 0) is 23.5 Å². The smallest absolute Gasteiger partial charge is 0.243 e. The monoisotopic (exact) mass is 466 g/mol. The van der Waals surface area contributed by atoms with Crippen molar-refractivity contribution < 1.29 is 14.7 Å². The molecule has 3 rings (SSSR count). The molecule has 0 spiro atoms. The van der Waals surface area contributed by atoms with Gasteiger partial charge in [0, 0.05) is 19.5 Å². The number of likely N-dealkylation sites (tertiary alicyclic amines) is 1. The van der Waals surface area contributed by atoms with Crippen molar-refractivity contribution in [2.75, 3.05) is 6.54 Å². The molecule has 1 aliphatic heterocycles. The predicted molar refractivity (Wildman–Crippen MR) is 125 cm³/mol. The summed E-state index contributed by atoms with van der Waals surface area (Å²) in [7, 11) is 0. The molecule has 0 aliphatic carbocycles. The van der Waals surface area contributed by atoms with Crippen molar-refractivity contribution in [2.45, 2.75) is 58.8 Å². The number of halogens is 1. The zero-order chi connectivity index (χ0) is 22.1. The number of thiazole rings is 1. The van der Waals surface area contributed by atoms with Gasteiger partial charge in [0.25, 0.3) is 0 Å². The largest absolute Gasteiger partial charge is 0.391 e. The fourth-order valence-electron chi connectivity index (χ4n) is 3.51. The van der Waals surface area contributed by atoms with E-state index in [1.807, 2.05) is 57.5 Å². The number of nitrogens with one attached hydrogen (secondary N) is 1. The van der Waals surface area contributed by atoms with Crippen molar-refractivity contribution in [3.8, 4) is 10.4 Å². The molecule has 1 aliphatic rings. The molecule has 1 aromatic heterocycles. The third-order valence-corrected chi connectivity index (χ3v) is 6.47. The minimum absolute atomic E-state index is 0. The van der Waals surface area contributed by atoms with Gasteiger partial charge in [-0.25, -0.2) is 4.98 Å². The highest BCUT2D eigenvalue weighted by molar-refractivity contribution is 7.13. The number of nitrogens with zero attached hydrogens (tertiary/aromatic N) is 2. The SMILES string of the molecule is Cc1ncsc1-c1ccc(CNC(=O)[C@@H]2C[C@@H](O)CN2C(=O)[C@H](N)C(C)(C)C)cc1.Cl. The zero-order valence-corrected chi connectivity index (χ0v) is 19.9. The van der Waals surface area contributed by atoms with E-state index in [4.69, 9.17) is 5.73 Å². The maximum Gasteiger partial charge on any atom is 0.243 e. The molecule has 4 N–H and O–H groups in total. The van der Waals surface area contributed by atoms with E-state index in [0.717, 1.165) is 21.7 Å². The number of aliphatic hydroxyl groups is 1. The Labute approximate surface area is 193 Å². The molecule has 0 bridgehead atoms. The molecule has 2 aromatic rings. The maximum absolute atomic E-state index is 12.8. The van der Waals surface area contributed by atoms with Crippen LogP contribution in [0.4, 0.5) is 0 Å². The molecule has 7 nitrogen and oxygen atoms in total. The van der Waals surface area contributed by atoms with Crippen LogP contribution in [-0.2, 0) is 16.1 Å². The molecule has 2 heterocycles. The molecule has 0 unspecified atom stereocenters. The number of carbonyl (C=O) groups excluding carboxylic acids is 2. The summed E-state index contributed by atoms with van der Waals surface area (Å²) in [4.78, 5) is 32.4. The average molecular weight is 467 g/mol. The minimum Gasteiger partial charge on any atom is -0.391 e. The molecular formula is C22H31ClN4O3S. The molecule has 1 fully saturated rings. The summed E-state index contributed by atoms with van der Waals surface area (Å²) in [5, 5.41) is 13.0. The summed E-state index contributed by atoms with van der Waals surface area (Å²) in [6.07, 6.45) is -0.503. The molecule has 31 heavy (non-hydrogen) atoms. The highest BCUT2D eigenvalue weighted by atomic mass is 35.5. The van der Waals surface area contributed by atoms with E-state index < -0.39 is 23.6 Å². The molecule has 170 valence electrons.